The molecule has 0 amide bonds. The maximum Gasteiger partial charge on any atom is 0.273 e. The molecule has 0 bridgehead atoms. The number of nitrogens with zero attached hydrogens (tertiary/aromatic N) is 4. The van der Waals surface area contributed by atoms with Crippen molar-refractivity contribution < 1.29 is 19.9 Å². The van der Waals surface area contributed by atoms with Gasteiger partial charge < -0.3 is 19.8 Å². The zero-order valence-corrected chi connectivity index (χ0v) is 14.3. The van der Waals surface area contributed by atoms with Crippen LogP contribution in [-0.4, -0.2) is 48.5 Å². The molecular formula is C17H20N4O5. The van der Waals surface area contributed by atoms with E-state index < -0.39 is 4.92 Å². The van der Waals surface area contributed by atoms with Crippen molar-refractivity contribution in [1.82, 2.24) is 0 Å². The molecule has 0 aliphatic rings. The van der Waals surface area contributed by atoms with Gasteiger partial charge in [0, 0.05) is 24.8 Å². The molecule has 2 N–H and O–H groups in total. The van der Waals surface area contributed by atoms with E-state index in [-0.39, 0.29) is 24.7 Å². The Hall–Kier alpha value is -3.04. The summed E-state index contributed by atoms with van der Waals surface area (Å²) in [6, 6.07) is 11.2. The molecule has 0 heterocycles. The predicted octanol–water partition coefficient (Wildman–Crippen LogP) is 2.81. The number of methoxy groups -OCH3 is 1. The molecule has 0 spiro atoms. The number of aliphatic hydroxyl groups is 2. The van der Waals surface area contributed by atoms with Crippen LogP contribution in [0.4, 0.5) is 22.7 Å². The minimum absolute atomic E-state index is 0.0125. The summed E-state index contributed by atoms with van der Waals surface area (Å²) in [4.78, 5) is 12.1. The average molecular weight is 360 g/mol. The van der Waals surface area contributed by atoms with E-state index in [4.69, 9.17) is 14.9 Å². The topological polar surface area (TPSA) is 121 Å². The first kappa shape index (κ1) is 19.3. The second kappa shape index (κ2) is 9.44. The quantitative estimate of drug-likeness (QED) is 0.403. The van der Waals surface area contributed by atoms with Gasteiger partial charge >= 0.3 is 0 Å². The van der Waals surface area contributed by atoms with E-state index in [0.717, 1.165) is 5.69 Å². The van der Waals surface area contributed by atoms with Crippen molar-refractivity contribution in [3.63, 3.8) is 0 Å². The van der Waals surface area contributed by atoms with Crippen LogP contribution < -0.4 is 9.64 Å². The molecule has 2 aromatic carbocycles. The third-order valence-corrected chi connectivity index (χ3v) is 3.60. The number of azo groups is 1. The second-order valence-electron chi connectivity index (χ2n) is 5.26. The molecule has 2 aromatic rings. The van der Waals surface area contributed by atoms with Crippen molar-refractivity contribution in [2.75, 3.05) is 38.3 Å². The smallest absolute Gasteiger partial charge is 0.273 e. The fraction of sp³-hybridized carbons (Fsp3) is 0.294. The highest BCUT2D eigenvalue weighted by molar-refractivity contribution is 5.57. The Labute approximate surface area is 150 Å². The number of benzene rings is 2. The number of ether oxygens (including phenoxy) is 1. The first-order valence-corrected chi connectivity index (χ1v) is 7.90. The molecule has 0 radical (unpaired) electrons. The second-order valence-corrected chi connectivity index (χ2v) is 5.26. The molecule has 0 aliphatic heterocycles. The third-order valence-electron chi connectivity index (χ3n) is 3.60. The standard InChI is InChI=1S/C17H20N4O5/c1-26-17-12-15(21(24)25)6-7-16(17)19-18-13-2-4-14(5-3-13)20(8-10-22)9-11-23/h2-7,12,22-23H,8-11H2,1H3. The van der Waals surface area contributed by atoms with E-state index in [1.165, 1.54) is 25.3 Å². The Morgan fingerprint density at radius 2 is 1.73 bits per heavy atom. The number of hydrogen-bond donors (Lipinski definition) is 2. The molecule has 0 atom stereocenters. The molecular weight excluding hydrogens is 340 g/mol. The molecule has 138 valence electrons. The molecule has 0 fully saturated rings. The first-order chi connectivity index (χ1) is 12.6. The lowest BCUT2D eigenvalue weighted by molar-refractivity contribution is -0.384. The summed E-state index contributed by atoms with van der Waals surface area (Å²) in [6.45, 7) is 0.811. The van der Waals surface area contributed by atoms with Gasteiger partial charge in [0.1, 0.15) is 5.69 Å². The van der Waals surface area contributed by atoms with Crippen LogP contribution in [0.5, 0.6) is 5.75 Å². The molecule has 0 saturated carbocycles. The van der Waals surface area contributed by atoms with Crippen LogP contribution in [0, 0.1) is 10.1 Å². The summed E-state index contributed by atoms with van der Waals surface area (Å²) < 4.78 is 5.12. The normalized spacial score (nSPS) is 10.9. The van der Waals surface area contributed by atoms with Crippen molar-refractivity contribution in [2.45, 2.75) is 0 Å². The van der Waals surface area contributed by atoms with E-state index in [2.05, 4.69) is 10.2 Å². The van der Waals surface area contributed by atoms with Gasteiger partial charge in [-0.25, -0.2) is 0 Å². The van der Waals surface area contributed by atoms with Gasteiger partial charge in [0.25, 0.3) is 5.69 Å². The highest BCUT2D eigenvalue weighted by atomic mass is 16.6. The number of hydrogen-bond acceptors (Lipinski definition) is 8. The van der Waals surface area contributed by atoms with Crippen LogP contribution in [0.1, 0.15) is 0 Å². The molecule has 26 heavy (non-hydrogen) atoms. The maximum absolute atomic E-state index is 10.8. The number of anilines is 1. The van der Waals surface area contributed by atoms with Crippen LogP contribution >= 0.6 is 0 Å². The molecule has 0 aromatic heterocycles. The zero-order chi connectivity index (χ0) is 18.9. The Kier molecular flexibility index (Phi) is 7.01. The Balaban J connectivity index is 2.16. The molecule has 0 unspecified atom stereocenters. The molecule has 2 rings (SSSR count). The van der Waals surface area contributed by atoms with E-state index in [1.807, 2.05) is 17.0 Å². The summed E-state index contributed by atoms with van der Waals surface area (Å²) in [6.07, 6.45) is 0. The van der Waals surface area contributed by atoms with Crippen LogP contribution in [0.3, 0.4) is 0 Å². The number of rotatable bonds is 9. The Morgan fingerprint density at radius 3 is 2.27 bits per heavy atom. The summed E-state index contributed by atoms with van der Waals surface area (Å²) in [5, 5.41) is 37.2. The zero-order valence-electron chi connectivity index (χ0n) is 14.3. The predicted molar refractivity (Wildman–Crippen MR) is 96.7 cm³/mol. The van der Waals surface area contributed by atoms with E-state index in [0.29, 0.717) is 24.5 Å². The lowest BCUT2D eigenvalue weighted by Crippen LogP contribution is -2.29. The van der Waals surface area contributed by atoms with Gasteiger partial charge in [-0.15, -0.1) is 5.11 Å². The SMILES string of the molecule is COc1cc([N+](=O)[O-])ccc1N=Nc1ccc(N(CCO)CCO)cc1. The summed E-state index contributed by atoms with van der Waals surface area (Å²) >= 11 is 0. The number of nitro benzene ring substituents is 1. The van der Waals surface area contributed by atoms with Gasteiger partial charge in [0.05, 0.1) is 37.0 Å². The van der Waals surface area contributed by atoms with Gasteiger partial charge in [-0.05, 0) is 30.3 Å². The Bertz CT molecular complexity index is 758. The number of nitro groups is 1. The largest absolute Gasteiger partial charge is 0.494 e. The lowest BCUT2D eigenvalue weighted by Gasteiger charge is -2.22. The van der Waals surface area contributed by atoms with Crippen molar-refractivity contribution in [2.24, 2.45) is 10.2 Å². The summed E-state index contributed by atoms with van der Waals surface area (Å²) in [5.74, 6) is 0.261. The van der Waals surface area contributed by atoms with Crippen molar-refractivity contribution in [3.05, 3.63) is 52.6 Å². The van der Waals surface area contributed by atoms with Crippen LogP contribution in [-0.2, 0) is 0 Å². The fourth-order valence-corrected chi connectivity index (χ4v) is 2.32. The van der Waals surface area contributed by atoms with E-state index >= 15 is 0 Å². The van der Waals surface area contributed by atoms with Crippen molar-refractivity contribution >= 4 is 22.7 Å². The lowest BCUT2D eigenvalue weighted by atomic mass is 10.2. The monoisotopic (exact) mass is 360 g/mol. The van der Waals surface area contributed by atoms with Crippen molar-refractivity contribution in [1.29, 1.82) is 0 Å². The summed E-state index contributed by atoms with van der Waals surface area (Å²) in [5.41, 5.74) is 1.73. The Morgan fingerprint density at radius 1 is 1.08 bits per heavy atom. The number of aliphatic hydroxyl groups excluding tert-OH is 2. The highest BCUT2D eigenvalue weighted by Crippen LogP contribution is 2.32. The first-order valence-electron chi connectivity index (χ1n) is 7.90. The van der Waals surface area contributed by atoms with Gasteiger partial charge in [-0.3, -0.25) is 10.1 Å². The third kappa shape index (κ3) is 4.98. The van der Waals surface area contributed by atoms with Gasteiger partial charge in [0.2, 0.25) is 0 Å². The van der Waals surface area contributed by atoms with Crippen LogP contribution in [0.25, 0.3) is 0 Å². The summed E-state index contributed by atoms with van der Waals surface area (Å²) in [7, 11) is 1.41. The molecule has 0 aliphatic carbocycles. The highest BCUT2D eigenvalue weighted by Gasteiger charge is 2.11. The minimum Gasteiger partial charge on any atom is -0.494 e. The molecule has 9 heteroatoms. The number of non-ortho nitro benzene ring substituents is 1. The van der Waals surface area contributed by atoms with Gasteiger partial charge in [-0.2, -0.15) is 5.11 Å². The van der Waals surface area contributed by atoms with Gasteiger partial charge in [0.15, 0.2) is 5.75 Å². The molecule has 9 nitrogen and oxygen atoms in total. The van der Waals surface area contributed by atoms with E-state index in [1.54, 1.807) is 12.1 Å². The van der Waals surface area contributed by atoms with Crippen LogP contribution in [0.2, 0.25) is 0 Å². The average Bonchev–Trinajstić information content (AvgIpc) is 2.66. The maximum atomic E-state index is 10.8. The minimum atomic E-state index is -0.507. The molecule has 0 saturated heterocycles. The van der Waals surface area contributed by atoms with Crippen LogP contribution in [0.15, 0.2) is 52.7 Å². The van der Waals surface area contributed by atoms with E-state index in [9.17, 15) is 10.1 Å². The fourth-order valence-electron chi connectivity index (χ4n) is 2.32. The van der Waals surface area contributed by atoms with Crippen molar-refractivity contribution in [3.8, 4) is 5.75 Å². The van der Waals surface area contributed by atoms with Gasteiger partial charge in [-0.1, -0.05) is 0 Å².